The largest absolute Gasteiger partial charge is 0.376 e. The molecule has 3 heterocycles. The van der Waals surface area contributed by atoms with E-state index in [2.05, 4.69) is 213 Å². The van der Waals surface area contributed by atoms with Crippen LogP contribution < -0.4 is 20.6 Å². The third-order valence-electron chi connectivity index (χ3n) is 13.6. The van der Waals surface area contributed by atoms with Crippen LogP contribution in [0.15, 0.2) is 176 Å². The van der Waals surface area contributed by atoms with Crippen molar-refractivity contribution in [1.29, 1.82) is 0 Å². The van der Waals surface area contributed by atoms with Gasteiger partial charge in [0.25, 0.3) is 0 Å². The fourth-order valence-corrected chi connectivity index (χ4v) is 10.9. The van der Waals surface area contributed by atoms with Gasteiger partial charge in [0, 0.05) is 39.0 Å². The molecule has 0 fully saturated rings. The molecule has 0 saturated carbocycles. The van der Waals surface area contributed by atoms with Gasteiger partial charge in [-0.2, -0.15) is 0 Å². The third-order valence-corrected chi connectivity index (χ3v) is 13.6. The van der Waals surface area contributed by atoms with Crippen LogP contribution in [-0.2, 0) is 10.8 Å². The number of nitrogens with zero attached hydrogens (tertiary/aromatic N) is 2. The van der Waals surface area contributed by atoms with E-state index in [1.807, 2.05) is 0 Å². The van der Waals surface area contributed by atoms with Gasteiger partial charge in [-0.15, -0.1) is 0 Å². The molecule has 2 nitrogen and oxygen atoms in total. The number of fused-ring (bicyclic) bond motifs is 10. The fraction of sp³-hybridized carbons (Fsp3) is 0.111. The molecule has 8 aromatic carbocycles. The molecule has 8 aromatic rings. The lowest BCUT2D eigenvalue weighted by molar-refractivity contribution is 0.632. The number of rotatable bonds is 3. The molecular weight excluding hydrogens is 687 g/mol. The lowest BCUT2D eigenvalue weighted by atomic mass is 9.42. The minimum atomic E-state index is -0.191. The minimum Gasteiger partial charge on any atom is -0.376 e. The molecule has 1 aliphatic carbocycles. The molecule has 0 unspecified atom stereocenters. The van der Waals surface area contributed by atoms with Crippen LogP contribution in [0, 0.1) is 0 Å². The second kappa shape index (κ2) is 11.5. The van der Waals surface area contributed by atoms with Crippen LogP contribution in [0.4, 0.5) is 28.4 Å². The SMILES string of the molecule is CC1(C)c2ccccc2-c2c1cc1c3c2N2c4ccccc4C(C)(C)c4cccc(c42)B3N(c2cccc(-c3ccccc3)c2)c2ccc(-c3ccccc3)cc2-1. The number of hydrogen-bond donors (Lipinski definition) is 0. The highest BCUT2D eigenvalue weighted by Crippen LogP contribution is 2.61. The summed E-state index contributed by atoms with van der Waals surface area (Å²) in [6.07, 6.45) is 0. The van der Waals surface area contributed by atoms with E-state index in [4.69, 9.17) is 0 Å². The van der Waals surface area contributed by atoms with Crippen LogP contribution in [0.2, 0.25) is 0 Å². The molecule has 0 atom stereocenters. The van der Waals surface area contributed by atoms with Gasteiger partial charge < -0.3 is 9.71 Å². The van der Waals surface area contributed by atoms with Crippen molar-refractivity contribution in [2.45, 2.75) is 38.5 Å². The van der Waals surface area contributed by atoms with Gasteiger partial charge in [-0.3, -0.25) is 0 Å². The Hall–Kier alpha value is -6.58. The lowest BCUT2D eigenvalue weighted by Gasteiger charge is -2.51. The van der Waals surface area contributed by atoms with E-state index in [1.165, 1.54) is 106 Å². The molecule has 4 aliphatic rings. The van der Waals surface area contributed by atoms with Crippen molar-refractivity contribution in [3.63, 3.8) is 0 Å². The van der Waals surface area contributed by atoms with Gasteiger partial charge in [0.05, 0.1) is 11.4 Å². The van der Waals surface area contributed by atoms with Gasteiger partial charge in [-0.25, -0.2) is 0 Å². The van der Waals surface area contributed by atoms with Crippen molar-refractivity contribution in [3.05, 3.63) is 198 Å². The van der Waals surface area contributed by atoms with Crippen LogP contribution in [0.25, 0.3) is 44.5 Å². The Morgan fingerprint density at radius 1 is 0.404 bits per heavy atom. The number of anilines is 5. The third kappa shape index (κ3) is 4.32. The van der Waals surface area contributed by atoms with Crippen molar-refractivity contribution < 1.29 is 0 Å². The van der Waals surface area contributed by atoms with Crippen LogP contribution in [0.5, 0.6) is 0 Å². The Labute approximate surface area is 335 Å². The van der Waals surface area contributed by atoms with Crippen LogP contribution >= 0.6 is 0 Å². The van der Waals surface area contributed by atoms with Gasteiger partial charge in [-0.05, 0) is 103 Å². The van der Waals surface area contributed by atoms with Crippen LogP contribution in [0.3, 0.4) is 0 Å². The first kappa shape index (κ1) is 32.6. The molecule has 3 heteroatoms. The summed E-state index contributed by atoms with van der Waals surface area (Å²) < 4.78 is 0. The number of para-hydroxylation sites is 2. The summed E-state index contributed by atoms with van der Waals surface area (Å²) in [4.78, 5) is 5.35. The molecule has 12 rings (SSSR count). The number of hydrogen-bond acceptors (Lipinski definition) is 2. The van der Waals surface area contributed by atoms with Gasteiger partial charge in [0.15, 0.2) is 0 Å². The standard InChI is InChI=1S/C54H41BN2/c1-53(2)42-24-12-11-23-39(42)49-45(53)33-41-40-32-37(35-19-9-6-10-20-35)29-30-47(40)57(38-22-15-21-36(31-38)34-17-7-5-8-18-34)55-46-27-16-26-44-51(46)56(52(49)50(41)55)48-28-14-13-25-43(48)54(44,3)4/h5-33H,1-4H3. The molecule has 57 heavy (non-hydrogen) atoms. The van der Waals surface area contributed by atoms with Crippen molar-refractivity contribution in [2.24, 2.45) is 0 Å². The highest BCUT2D eigenvalue weighted by Gasteiger charge is 2.52. The second-order valence-electron chi connectivity index (χ2n) is 17.3. The molecule has 0 aromatic heterocycles. The summed E-state index contributed by atoms with van der Waals surface area (Å²) >= 11 is 0. The maximum Gasteiger partial charge on any atom is 0.333 e. The molecule has 0 N–H and O–H groups in total. The molecule has 0 amide bonds. The van der Waals surface area contributed by atoms with E-state index in [0.717, 1.165) is 0 Å². The zero-order valence-corrected chi connectivity index (χ0v) is 32.7. The van der Waals surface area contributed by atoms with E-state index in [-0.39, 0.29) is 17.7 Å². The maximum atomic E-state index is 2.68. The summed E-state index contributed by atoms with van der Waals surface area (Å²) in [6.45, 7) is 9.61. The van der Waals surface area contributed by atoms with Crippen molar-refractivity contribution in [1.82, 2.24) is 0 Å². The number of benzene rings is 8. The smallest absolute Gasteiger partial charge is 0.333 e. The first-order valence-electron chi connectivity index (χ1n) is 20.3. The Morgan fingerprint density at radius 2 is 1.02 bits per heavy atom. The highest BCUT2D eigenvalue weighted by molar-refractivity contribution is 6.94. The quantitative estimate of drug-likeness (QED) is 0.167. The van der Waals surface area contributed by atoms with Crippen molar-refractivity contribution >= 4 is 46.2 Å². The Morgan fingerprint density at radius 3 is 1.79 bits per heavy atom. The summed E-state index contributed by atoms with van der Waals surface area (Å²) in [5.41, 5.74) is 24.4. The summed E-state index contributed by atoms with van der Waals surface area (Å²) in [7, 11) is 0. The van der Waals surface area contributed by atoms with E-state index in [0.29, 0.717) is 0 Å². The monoisotopic (exact) mass is 728 g/mol. The van der Waals surface area contributed by atoms with Crippen LogP contribution in [0.1, 0.15) is 49.9 Å². The second-order valence-corrected chi connectivity index (χ2v) is 17.3. The topological polar surface area (TPSA) is 6.48 Å². The normalized spacial score (nSPS) is 15.5. The predicted octanol–water partition coefficient (Wildman–Crippen LogP) is 12.7. The van der Waals surface area contributed by atoms with Crippen molar-refractivity contribution in [2.75, 3.05) is 9.71 Å². The summed E-state index contributed by atoms with van der Waals surface area (Å²) in [5.74, 6) is 0. The van der Waals surface area contributed by atoms with Crippen molar-refractivity contribution in [3.8, 4) is 44.5 Å². The Kier molecular flexibility index (Phi) is 6.58. The first-order valence-corrected chi connectivity index (χ1v) is 20.3. The highest BCUT2D eigenvalue weighted by atomic mass is 15.2. The van der Waals surface area contributed by atoms with E-state index >= 15 is 0 Å². The molecule has 0 saturated heterocycles. The summed E-state index contributed by atoms with van der Waals surface area (Å²) in [6, 6.07) is 66.1. The van der Waals surface area contributed by atoms with Gasteiger partial charge in [-0.1, -0.05) is 167 Å². The predicted molar refractivity (Wildman–Crippen MR) is 241 cm³/mol. The molecule has 3 aliphatic heterocycles. The lowest BCUT2D eigenvalue weighted by Crippen LogP contribution is -2.62. The molecular formula is C54H41BN2. The summed E-state index contributed by atoms with van der Waals surface area (Å²) in [5, 5.41) is 0. The minimum absolute atomic E-state index is 0.0652. The van der Waals surface area contributed by atoms with Gasteiger partial charge >= 0.3 is 6.85 Å². The van der Waals surface area contributed by atoms with E-state index < -0.39 is 0 Å². The van der Waals surface area contributed by atoms with E-state index in [9.17, 15) is 0 Å². The Bertz CT molecular complexity index is 2980. The molecule has 270 valence electrons. The molecule has 0 radical (unpaired) electrons. The zero-order valence-electron chi connectivity index (χ0n) is 32.7. The van der Waals surface area contributed by atoms with E-state index in [1.54, 1.807) is 0 Å². The average molecular weight is 729 g/mol. The van der Waals surface area contributed by atoms with Gasteiger partial charge in [0.1, 0.15) is 0 Å². The zero-order chi connectivity index (χ0) is 38.2. The Balaban J connectivity index is 1.25. The van der Waals surface area contributed by atoms with Crippen LogP contribution in [-0.4, -0.2) is 6.85 Å². The maximum absolute atomic E-state index is 2.68. The first-order chi connectivity index (χ1) is 27.8. The molecule has 0 bridgehead atoms. The van der Waals surface area contributed by atoms with Gasteiger partial charge in [0.2, 0.25) is 0 Å². The average Bonchev–Trinajstić information content (AvgIpc) is 3.49. The molecule has 0 spiro atoms. The fourth-order valence-electron chi connectivity index (χ4n) is 10.9.